The Hall–Kier alpha value is -3.08. The molecule has 2 aromatic rings. The number of esters is 1. The zero-order valence-corrected chi connectivity index (χ0v) is 14.2. The normalized spacial score (nSPS) is 17.3. The van der Waals surface area contributed by atoms with Gasteiger partial charge in [-0.3, -0.25) is 4.90 Å². The average molecular weight is 336 g/mol. The number of carbonyl (C=O) groups excluding carboxylic acids is 2. The lowest BCUT2D eigenvalue weighted by molar-refractivity contribution is -0.138. The molecule has 5 nitrogen and oxygen atoms in total. The van der Waals surface area contributed by atoms with E-state index in [-0.39, 0.29) is 12.6 Å². The summed E-state index contributed by atoms with van der Waals surface area (Å²) in [4.78, 5) is 26.7. The van der Waals surface area contributed by atoms with Crippen molar-refractivity contribution >= 4 is 17.7 Å². The van der Waals surface area contributed by atoms with Crippen LogP contribution in [0.25, 0.3) is 5.70 Å². The van der Waals surface area contributed by atoms with E-state index in [1.165, 1.54) is 4.90 Å². The Bertz CT molecular complexity index is 800. The molecule has 1 N–H and O–H groups in total. The van der Waals surface area contributed by atoms with Crippen molar-refractivity contribution in [1.29, 1.82) is 0 Å². The highest BCUT2D eigenvalue weighted by molar-refractivity contribution is 6.04. The van der Waals surface area contributed by atoms with E-state index in [0.29, 0.717) is 11.3 Å². The lowest BCUT2D eigenvalue weighted by Crippen LogP contribution is -2.46. The second-order valence-corrected chi connectivity index (χ2v) is 5.70. The van der Waals surface area contributed by atoms with E-state index in [0.717, 1.165) is 11.1 Å². The number of nitrogens with one attached hydrogen (secondary N) is 1. The van der Waals surface area contributed by atoms with Gasteiger partial charge in [-0.05, 0) is 18.1 Å². The molecule has 3 rings (SSSR count). The predicted octanol–water partition coefficient (Wildman–Crippen LogP) is 3.36. The second kappa shape index (κ2) is 7.21. The molecule has 1 atom stereocenters. The molecule has 0 radical (unpaired) electrons. The lowest BCUT2D eigenvalue weighted by atomic mass is 9.92. The Morgan fingerprint density at radius 1 is 1.08 bits per heavy atom. The first-order valence-electron chi connectivity index (χ1n) is 8.19. The number of urea groups is 1. The molecule has 1 aliphatic rings. The molecule has 0 saturated heterocycles. The number of amides is 2. The van der Waals surface area contributed by atoms with Gasteiger partial charge < -0.3 is 10.1 Å². The van der Waals surface area contributed by atoms with Crippen molar-refractivity contribution in [3.63, 3.8) is 0 Å². The molecular weight excluding hydrogens is 316 g/mol. The van der Waals surface area contributed by atoms with E-state index in [4.69, 9.17) is 4.74 Å². The van der Waals surface area contributed by atoms with Crippen molar-refractivity contribution in [3.8, 4) is 0 Å². The highest BCUT2D eigenvalue weighted by Crippen LogP contribution is 2.35. The molecule has 1 heterocycles. The first-order valence-corrected chi connectivity index (χ1v) is 8.19. The van der Waals surface area contributed by atoms with E-state index in [1.807, 2.05) is 60.7 Å². The first kappa shape index (κ1) is 16.8. The minimum absolute atomic E-state index is 0.263. The van der Waals surface area contributed by atoms with Crippen LogP contribution in [0.1, 0.15) is 24.1 Å². The summed E-state index contributed by atoms with van der Waals surface area (Å²) in [6.45, 7) is 2.03. The average Bonchev–Trinajstić information content (AvgIpc) is 2.65. The van der Waals surface area contributed by atoms with Crippen molar-refractivity contribution in [2.75, 3.05) is 13.7 Å². The number of ether oxygens (including phenoxy) is 1. The van der Waals surface area contributed by atoms with Gasteiger partial charge in [0.1, 0.15) is 0 Å². The largest absolute Gasteiger partial charge is 0.463 e. The SMILES string of the molecule is CCOC(=O)C1=C(c2ccccc2)N(C)C(=O)N[C@@H]1c1ccccc1. The summed E-state index contributed by atoms with van der Waals surface area (Å²) in [6, 6.07) is 18.0. The Morgan fingerprint density at radius 3 is 2.28 bits per heavy atom. The monoisotopic (exact) mass is 336 g/mol. The van der Waals surface area contributed by atoms with E-state index in [2.05, 4.69) is 5.32 Å². The molecule has 5 heteroatoms. The maximum atomic E-state index is 12.8. The quantitative estimate of drug-likeness (QED) is 0.871. The van der Waals surface area contributed by atoms with Crippen molar-refractivity contribution < 1.29 is 14.3 Å². The molecule has 0 bridgehead atoms. The van der Waals surface area contributed by atoms with Crippen LogP contribution in [0.2, 0.25) is 0 Å². The molecule has 2 aromatic carbocycles. The third-order valence-corrected chi connectivity index (χ3v) is 4.13. The van der Waals surface area contributed by atoms with Gasteiger partial charge in [0.05, 0.1) is 23.9 Å². The van der Waals surface area contributed by atoms with Crippen LogP contribution in [0.15, 0.2) is 66.2 Å². The molecule has 0 unspecified atom stereocenters. The second-order valence-electron chi connectivity index (χ2n) is 5.70. The standard InChI is InChI=1S/C20H20N2O3/c1-3-25-19(23)16-17(14-10-6-4-7-11-14)21-20(24)22(2)18(16)15-12-8-5-9-13-15/h4-13,17H,3H2,1-2H3,(H,21,24)/t17-/m1/s1. The topological polar surface area (TPSA) is 58.6 Å². The summed E-state index contributed by atoms with van der Waals surface area (Å²) in [5, 5.41) is 2.90. The third kappa shape index (κ3) is 3.26. The van der Waals surface area contributed by atoms with Crippen LogP contribution < -0.4 is 5.32 Å². The maximum absolute atomic E-state index is 12.8. The van der Waals surface area contributed by atoms with E-state index in [9.17, 15) is 9.59 Å². The zero-order valence-electron chi connectivity index (χ0n) is 14.2. The molecule has 25 heavy (non-hydrogen) atoms. The number of benzene rings is 2. The van der Waals surface area contributed by atoms with Crippen LogP contribution in [0.5, 0.6) is 0 Å². The Kier molecular flexibility index (Phi) is 4.84. The lowest BCUT2D eigenvalue weighted by Gasteiger charge is -2.34. The highest BCUT2D eigenvalue weighted by Gasteiger charge is 2.37. The summed E-state index contributed by atoms with van der Waals surface area (Å²) in [6.07, 6.45) is 0. The summed E-state index contributed by atoms with van der Waals surface area (Å²) >= 11 is 0. The van der Waals surface area contributed by atoms with Crippen LogP contribution in [0.3, 0.4) is 0 Å². The molecule has 0 fully saturated rings. The summed E-state index contributed by atoms with van der Waals surface area (Å²) in [5.74, 6) is -0.429. The molecule has 0 spiro atoms. The van der Waals surface area contributed by atoms with E-state index in [1.54, 1.807) is 14.0 Å². The van der Waals surface area contributed by atoms with Gasteiger partial charge in [0.2, 0.25) is 0 Å². The fraction of sp³-hybridized carbons (Fsp3) is 0.200. The van der Waals surface area contributed by atoms with Gasteiger partial charge in [0.15, 0.2) is 0 Å². The number of hydrogen-bond acceptors (Lipinski definition) is 3. The van der Waals surface area contributed by atoms with Gasteiger partial charge in [-0.2, -0.15) is 0 Å². The molecule has 0 aromatic heterocycles. The van der Waals surface area contributed by atoms with Crippen LogP contribution in [-0.4, -0.2) is 30.6 Å². The van der Waals surface area contributed by atoms with Crippen molar-refractivity contribution in [2.24, 2.45) is 0 Å². The fourth-order valence-electron chi connectivity index (χ4n) is 2.98. The first-order chi connectivity index (χ1) is 12.1. The molecule has 0 saturated carbocycles. The number of nitrogens with zero attached hydrogens (tertiary/aromatic N) is 1. The van der Waals surface area contributed by atoms with Crippen LogP contribution in [0, 0.1) is 0 Å². The predicted molar refractivity (Wildman–Crippen MR) is 95.5 cm³/mol. The highest BCUT2D eigenvalue weighted by atomic mass is 16.5. The van der Waals surface area contributed by atoms with Gasteiger partial charge in [-0.1, -0.05) is 60.7 Å². The fourth-order valence-corrected chi connectivity index (χ4v) is 2.98. The van der Waals surface area contributed by atoms with Gasteiger partial charge in [0, 0.05) is 7.05 Å². The smallest absolute Gasteiger partial charge is 0.338 e. The molecule has 2 amide bonds. The maximum Gasteiger partial charge on any atom is 0.338 e. The van der Waals surface area contributed by atoms with Crippen LogP contribution in [-0.2, 0) is 9.53 Å². The van der Waals surface area contributed by atoms with Crippen molar-refractivity contribution in [3.05, 3.63) is 77.4 Å². The van der Waals surface area contributed by atoms with Crippen molar-refractivity contribution in [1.82, 2.24) is 10.2 Å². The van der Waals surface area contributed by atoms with E-state index < -0.39 is 12.0 Å². The van der Waals surface area contributed by atoms with Gasteiger partial charge in [0.25, 0.3) is 0 Å². The third-order valence-electron chi connectivity index (χ3n) is 4.13. The Labute approximate surface area is 146 Å². The Morgan fingerprint density at radius 2 is 1.68 bits per heavy atom. The van der Waals surface area contributed by atoms with Crippen LogP contribution >= 0.6 is 0 Å². The summed E-state index contributed by atoms with van der Waals surface area (Å²) < 4.78 is 5.29. The molecule has 0 aliphatic carbocycles. The van der Waals surface area contributed by atoms with Crippen LogP contribution in [0.4, 0.5) is 4.79 Å². The number of hydrogen-bond donors (Lipinski definition) is 1. The Balaban J connectivity index is 2.23. The van der Waals surface area contributed by atoms with Crippen molar-refractivity contribution in [2.45, 2.75) is 13.0 Å². The zero-order chi connectivity index (χ0) is 17.8. The number of rotatable bonds is 4. The minimum atomic E-state index is -0.556. The molecule has 128 valence electrons. The minimum Gasteiger partial charge on any atom is -0.463 e. The summed E-state index contributed by atoms with van der Waals surface area (Å²) in [5.41, 5.74) is 2.63. The van der Waals surface area contributed by atoms with Gasteiger partial charge in [-0.15, -0.1) is 0 Å². The van der Waals surface area contributed by atoms with Gasteiger partial charge >= 0.3 is 12.0 Å². The number of carbonyl (C=O) groups is 2. The molecular formula is C20H20N2O3. The molecule has 1 aliphatic heterocycles. The van der Waals surface area contributed by atoms with Gasteiger partial charge in [-0.25, -0.2) is 9.59 Å². The van der Waals surface area contributed by atoms with E-state index >= 15 is 0 Å². The summed E-state index contributed by atoms with van der Waals surface area (Å²) in [7, 11) is 1.65.